The second-order valence-electron chi connectivity index (χ2n) is 4.30. The molecule has 0 bridgehead atoms. The topological polar surface area (TPSA) is 60.2 Å². The lowest BCUT2D eigenvalue weighted by Gasteiger charge is -2.12. The van der Waals surface area contributed by atoms with Gasteiger partial charge < -0.3 is 14.6 Å². The quantitative estimate of drug-likeness (QED) is 0.844. The minimum atomic E-state index is 0.440. The van der Waals surface area contributed by atoms with E-state index in [4.69, 9.17) is 20.9 Å². The number of nitrogens with one attached hydrogen (secondary N) is 1. The summed E-state index contributed by atoms with van der Waals surface area (Å²) in [7, 11) is 0. The van der Waals surface area contributed by atoms with Gasteiger partial charge in [-0.3, -0.25) is 0 Å². The van der Waals surface area contributed by atoms with Crippen LogP contribution < -0.4 is 10.1 Å². The molecule has 0 amide bonds. The molecule has 0 aliphatic carbocycles. The molecule has 0 aliphatic rings. The first-order valence-corrected chi connectivity index (χ1v) is 7.08. The monoisotopic (exact) mass is 295 g/mol. The molecule has 1 N–H and O–H groups in total. The van der Waals surface area contributed by atoms with Crippen LogP contribution in [0.25, 0.3) is 0 Å². The van der Waals surface area contributed by atoms with Crippen LogP contribution in [0.5, 0.6) is 5.75 Å². The molecule has 0 unspecified atom stereocenters. The number of hydrogen-bond donors (Lipinski definition) is 1. The largest absolute Gasteiger partial charge is 0.491 e. The molecule has 0 fully saturated rings. The number of anilines is 1. The molecule has 5 nitrogen and oxygen atoms in total. The summed E-state index contributed by atoms with van der Waals surface area (Å²) in [6.07, 6.45) is 1.71. The van der Waals surface area contributed by atoms with Crippen molar-refractivity contribution in [3.63, 3.8) is 0 Å². The van der Waals surface area contributed by atoms with E-state index in [9.17, 15) is 0 Å². The van der Waals surface area contributed by atoms with E-state index in [0.29, 0.717) is 29.9 Å². The van der Waals surface area contributed by atoms with Gasteiger partial charge >= 0.3 is 0 Å². The Kier molecular flexibility index (Phi) is 5.24. The van der Waals surface area contributed by atoms with Crippen LogP contribution in [0.3, 0.4) is 0 Å². The molecule has 6 heteroatoms. The van der Waals surface area contributed by atoms with E-state index in [1.54, 1.807) is 6.07 Å². The van der Waals surface area contributed by atoms with Crippen LogP contribution in [0.4, 0.5) is 5.69 Å². The molecule has 1 heterocycles. The van der Waals surface area contributed by atoms with E-state index in [2.05, 4.69) is 22.4 Å². The smallest absolute Gasteiger partial charge is 0.245 e. The van der Waals surface area contributed by atoms with Crippen molar-refractivity contribution < 1.29 is 9.26 Å². The molecule has 1 aromatic carbocycles. The van der Waals surface area contributed by atoms with Crippen LogP contribution in [-0.4, -0.2) is 16.7 Å². The summed E-state index contributed by atoms with van der Waals surface area (Å²) >= 11 is 6.01. The highest BCUT2D eigenvalue weighted by atomic mass is 35.5. The maximum absolute atomic E-state index is 6.01. The summed E-state index contributed by atoms with van der Waals surface area (Å²) in [4.78, 5) is 4.24. The van der Waals surface area contributed by atoms with E-state index in [-0.39, 0.29) is 0 Å². The van der Waals surface area contributed by atoms with Gasteiger partial charge in [0.05, 0.1) is 18.8 Å². The summed E-state index contributed by atoms with van der Waals surface area (Å²) in [6.45, 7) is 5.15. The number of ether oxygens (including phenoxy) is 1. The number of aromatic nitrogens is 2. The van der Waals surface area contributed by atoms with Crippen molar-refractivity contribution >= 4 is 17.3 Å². The molecule has 0 radical (unpaired) electrons. The summed E-state index contributed by atoms with van der Waals surface area (Å²) in [6, 6.07) is 5.48. The number of benzene rings is 1. The van der Waals surface area contributed by atoms with Gasteiger partial charge in [0.25, 0.3) is 0 Å². The van der Waals surface area contributed by atoms with Crippen molar-refractivity contribution in [2.24, 2.45) is 0 Å². The predicted molar refractivity (Wildman–Crippen MR) is 78.2 cm³/mol. The molecule has 2 aromatic rings. The Balaban J connectivity index is 2.05. The van der Waals surface area contributed by atoms with Crippen molar-refractivity contribution in [2.75, 3.05) is 11.9 Å². The Labute approximate surface area is 123 Å². The lowest BCUT2D eigenvalue weighted by atomic mass is 10.3. The van der Waals surface area contributed by atoms with Crippen LogP contribution in [0, 0.1) is 0 Å². The molecule has 0 saturated carbocycles. The van der Waals surface area contributed by atoms with Crippen molar-refractivity contribution in [2.45, 2.75) is 33.2 Å². The molecular formula is C14H18ClN3O2. The van der Waals surface area contributed by atoms with E-state index < -0.39 is 0 Å². The Morgan fingerprint density at radius 1 is 1.35 bits per heavy atom. The predicted octanol–water partition coefficient (Wildman–Crippen LogP) is 3.69. The fourth-order valence-electron chi connectivity index (χ4n) is 1.65. The second-order valence-corrected chi connectivity index (χ2v) is 4.74. The highest BCUT2D eigenvalue weighted by Gasteiger charge is 2.08. The maximum Gasteiger partial charge on any atom is 0.245 e. The summed E-state index contributed by atoms with van der Waals surface area (Å²) in [5, 5.41) is 7.71. The van der Waals surface area contributed by atoms with E-state index in [1.165, 1.54) is 0 Å². The number of rotatable bonds is 7. The van der Waals surface area contributed by atoms with Gasteiger partial charge in [0.1, 0.15) is 5.75 Å². The molecule has 2 rings (SSSR count). The third-order valence-corrected chi connectivity index (χ3v) is 2.89. The van der Waals surface area contributed by atoms with Crippen molar-refractivity contribution in [1.29, 1.82) is 0 Å². The molecule has 0 saturated heterocycles. The number of nitrogens with zero attached hydrogens (tertiary/aromatic N) is 2. The van der Waals surface area contributed by atoms with Crippen molar-refractivity contribution in [3.8, 4) is 5.75 Å². The van der Waals surface area contributed by atoms with Gasteiger partial charge in [0.15, 0.2) is 5.82 Å². The van der Waals surface area contributed by atoms with Crippen LogP contribution in [0.2, 0.25) is 5.02 Å². The Hall–Kier alpha value is -1.75. The molecule has 0 atom stereocenters. The first-order valence-electron chi connectivity index (χ1n) is 6.70. The Bertz CT molecular complexity index is 557. The molecule has 108 valence electrons. The number of halogens is 1. The van der Waals surface area contributed by atoms with Gasteiger partial charge in [-0.05, 0) is 24.6 Å². The number of aryl methyl sites for hydroxylation is 1. The highest BCUT2D eigenvalue weighted by molar-refractivity contribution is 6.30. The van der Waals surface area contributed by atoms with Crippen molar-refractivity contribution in [3.05, 3.63) is 34.9 Å². The van der Waals surface area contributed by atoms with Gasteiger partial charge in [-0.1, -0.05) is 30.6 Å². The summed E-state index contributed by atoms with van der Waals surface area (Å²) in [5.74, 6) is 2.02. The van der Waals surface area contributed by atoms with Crippen LogP contribution in [-0.2, 0) is 13.0 Å². The van der Waals surface area contributed by atoms with E-state index in [1.807, 2.05) is 19.1 Å². The third kappa shape index (κ3) is 3.87. The average molecular weight is 296 g/mol. The molecule has 0 spiro atoms. The van der Waals surface area contributed by atoms with Gasteiger partial charge in [-0.2, -0.15) is 4.98 Å². The first-order chi connectivity index (χ1) is 9.72. The first kappa shape index (κ1) is 14.7. The molecular weight excluding hydrogens is 278 g/mol. The minimum Gasteiger partial charge on any atom is -0.491 e. The third-order valence-electron chi connectivity index (χ3n) is 2.66. The maximum atomic E-state index is 6.01. The minimum absolute atomic E-state index is 0.440. The Morgan fingerprint density at radius 2 is 2.20 bits per heavy atom. The normalized spacial score (nSPS) is 10.6. The molecule has 0 aliphatic heterocycles. The number of hydrogen-bond acceptors (Lipinski definition) is 5. The zero-order valence-corrected chi connectivity index (χ0v) is 12.4. The zero-order chi connectivity index (χ0) is 14.4. The lowest BCUT2D eigenvalue weighted by Crippen LogP contribution is -2.04. The summed E-state index contributed by atoms with van der Waals surface area (Å²) in [5.41, 5.74) is 0.821. The van der Waals surface area contributed by atoms with Gasteiger partial charge in [-0.25, -0.2) is 0 Å². The standard InChI is InChI=1S/C14H18ClN3O2/c1-3-7-19-12-6-5-10(15)8-11(12)16-9-14-17-13(4-2)18-20-14/h5-6,8,16H,3-4,7,9H2,1-2H3. The zero-order valence-electron chi connectivity index (χ0n) is 11.6. The average Bonchev–Trinajstić information content (AvgIpc) is 2.92. The van der Waals surface area contributed by atoms with Gasteiger partial charge in [0, 0.05) is 11.4 Å². The van der Waals surface area contributed by atoms with Crippen molar-refractivity contribution in [1.82, 2.24) is 10.1 Å². The highest BCUT2D eigenvalue weighted by Crippen LogP contribution is 2.28. The molecule has 1 aromatic heterocycles. The molecule has 20 heavy (non-hydrogen) atoms. The van der Waals surface area contributed by atoms with Gasteiger partial charge in [-0.15, -0.1) is 0 Å². The van der Waals surface area contributed by atoms with E-state index in [0.717, 1.165) is 24.3 Å². The Morgan fingerprint density at radius 3 is 2.90 bits per heavy atom. The van der Waals surface area contributed by atoms with Crippen LogP contribution in [0.1, 0.15) is 32.0 Å². The SMILES string of the molecule is CCCOc1ccc(Cl)cc1NCc1nc(CC)no1. The van der Waals surface area contributed by atoms with Crippen LogP contribution in [0.15, 0.2) is 22.7 Å². The van der Waals surface area contributed by atoms with E-state index >= 15 is 0 Å². The lowest BCUT2D eigenvalue weighted by molar-refractivity contribution is 0.318. The van der Waals surface area contributed by atoms with Gasteiger partial charge in [0.2, 0.25) is 5.89 Å². The second kappa shape index (κ2) is 7.14. The summed E-state index contributed by atoms with van der Waals surface area (Å²) < 4.78 is 10.8. The fraction of sp³-hybridized carbons (Fsp3) is 0.429. The van der Waals surface area contributed by atoms with Crippen LogP contribution >= 0.6 is 11.6 Å². The fourth-order valence-corrected chi connectivity index (χ4v) is 1.83.